The molecule has 0 aliphatic heterocycles. The third-order valence-corrected chi connectivity index (χ3v) is 12.8. The lowest BCUT2D eigenvalue weighted by Gasteiger charge is -2.11. The molecule has 4 aromatic heterocycles. The van der Waals surface area contributed by atoms with Crippen molar-refractivity contribution in [1.29, 1.82) is 0 Å². The van der Waals surface area contributed by atoms with Crippen LogP contribution in [0.25, 0.3) is 134 Å². The smallest absolute Gasteiger partial charge is 0.231 e. The Kier molecular flexibility index (Phi) is 9.39. The van der Waals surface area contributed by atoms with E-state index in [1.807, 2.05) is 48.5 Å². The second-order valence-corrected chi connectivity index (χ2v) is 17.0. The maximum absolute atomic E-state index is 6.42. The van der Waals surface area contributed by atoms with E-state index in [2.05, 4.69) is 182 Å². The van der Waals surface area contributed by atoms with Gasteiger partial charge in [0.05, 0.1) is 22.2 Å². The first-order valence-corrected chi connectivity index (χ1v) is 22.7. The van der Waals surface area contributed by atoms with E-state index < -0.39 is 0 Å². The minimum Gasteiger partial charge on any atom is -0.438 e. The molecule has 13 aromatic rings. The van der Waals surface area contributed by atoms with Gasteiger partial charge in [-0.05, 0) is 74.8 Å². The van der Waals surface area contributed by atoms with E-state index in [9.17, 15) is 0 Å². The van der Waals surface area contributed by atoms with Crippen molar-refractivity contribution in [2.45, 2.75) is 0 Å². The molecule has 4 heterocycles. The third kappa shape index (κ3) is 7.00. The van der Waals surface area contributed by atoms with E-state index in [-0.39, 0.29) is 0 Å². The SMILES string of the molecule is c1ccc(-c2ccc(-c3nc(-c4cccc(-c5cccc(-c6cccc(-c7nc(-c8ccc(-c9ccccc9)cc8)c8c(n7)oc7ccccc78)c6)c5)c4)c4c(n3)oc3ccccc34)cc2)cc1. The van der Waals surface area contributed by atoms with Crippen molar-refractivity contribution in [3.05, 3.63) is 231 Å². The summed E-state index contributed by atoms with van der Waals surface area (Å²) in [6.45, 7) is 0. The first-order valence-electron chi connectivity index (χ1n) is 22.7. The van der Waals surface area contributed by atoms with Crippen LogP contribution in [0, 0.1) is 0 Å². The van der Waals surface area contributed by atoms with E-state index in [1.165, 1.54) is 5.56 Å². The average Bonchev–Trinajstić information content (AvgIpc) is 4.00. The van der Waals surface area contributed by atoms with Crippen LogP contribution in [0.5, 0.6) is 0 Å². The molecule has 0 unspecified atom stereocenters. The quantitative estimate of drug-likeness (QED) is 0.151. The molecule has 0 atom stereocenters. The molecule has 0 saturated carbocycles. The first kappa shape index (κ1) is 39.1. The van der Waals surface area contributed by atoms with Gasteiger partial charge in [-0.1, -0.05) is 200 Å². The fourth-order valence-corrected chi connectivity index (χ4v) is 9.38. The monoisotopic (exact) mass is 870 g/mol. The number of aromatic nitrogens is 4. The number of hydrogen-bond acceptors (Lipinski definition) is 6. The van der Waals surface area contributed by atoms with Crippen molar-refractivity contribution in [3.63, 3.8) is 0 Å². The highest BCUT2D eigenvalue weighted by atomic mass is 16.3. The second kappa shape index (κ2) is 16.3. The molecule has 0 aliphatic rings. The van der Waals surface area contributed by atoms with Gasteiger partial charge in [0.25, 0.3) is 0 Å². The zero-order chi connectivity index (χ0) is 45.0. The highest BCUT2D eigenvalue weighted by molar-refractivity contribution is 6.12. The normalized spacial score (nSPS) is 11.5. The summed E-state index contributed by atoms with van der Waals surface area (Å²) in [4.78, 5) is 20.6. The van der Waals surface area contributed by atoms with E-state index in [1.54, 1.807) is 0 Å². The molecule has 0 fully saturated rings. The molecule has 0 bridgehead atoms. The van der Waals surface area contributed by atoms with Gasteiger partial charge in [-0.3, -0.25) is 0 Å². The van der Waals surface area contributed by atoms with Gasteiger partial charge in [0.1, 0.15) is 11.2 Å². The summed E-state index contributed by atoms with van der Waals surface area (Å²) in [5.41, 5.74) is 17.0. The molecule has 68 heavy (non-hydrogen) atoms. The Hall–Kier alpha value is -9.26. The maximum atomic E-state index is 6.42. The summed E-state index contributed by atoms with van der Waals surface area (Å²) < 4.78 is 12.8. The predicted molar refractivity (Wildman–Crippen MR) is 276 cm³/mol. The number of rotatable bonds is 8. The molecule has 0 radical (unpaired) electrons. The van der Waals surface area contributed by atoms with Crippen LogP contribution < -0.4 is 0 Å². The van der Waals surface area contributed by atoms with Crippen LogP contribution in [0.4, 0.5) is 0 Å². The number of fused-ring (bicyclic) bond motifs is 6. The fourth-order valence-electron chi connectivity index (χ4n) is 9.38. The Balaban J connectivity index is 0.870. The third-order valence-electron chi connectivity index (χ3n) is 12.8. The Morgan fingerprint density at radius 1 is 0.235 bits per heavy atom. The van der Waals surface area contributed by atoms with Crippen LogP contribution in [-0.4, -0.2) is 19.9 Å². The highest BCUT2D eigenvalue weighted by Crippen LogP contribution is 2.40. The van der Waals surface area contributed by atoms with Crippen molar-refractivity contribution < 1.29 is 8.83 Å². The number of para-hydroxylation sites is 2. The molecule has 318 valence electrons. The maximum Gasteiger partial charge on any atom is 0.231 e. The van der Waals surface area contributed by atoms with Gasteiger partial charge in [-0.15, -0.1) is 0 Å². The van der Waals surface area contributed by atoms with Gasteiger partial charge in [0.2, 0.25) is 11.4 Å². The van der Waals surface area contributed by atoms with Crippen molar-refractivity contribution in [2.24, 2.45) is 0 Å². The number of furan rings is 2. The molecular weight excluding hydrogens is 833 g/mol. The van der Waals surface area contributed by atoms with Crippen LogP contribution in [0.15, 0.2) is 239 Å². The summed E-state index contributed by atoms with van der Waals surface area (Å²) in [6.07, 6.45) is 0. The van der Waals surface area contributed by atoms with Gasteiger partial charge < -0.3 is 8.83 Å². The first-order chi connectivity index (χ1) is 33.7. The lowest BCUT2D eigenvalue weighted by Crippen LogP contribution is -1.94. The lowest BCUT2D eigenvalue weighted by atomic mass is 9.96. The summed E-state index contributed by atoms with van der Waals surface area (Å²) in [6, 6.07) is 79.6. The summed E-state index contributed by atoms with van der Waals surface area (Å²) in [5, 5.41) is 3.76. The van der Waals surface area contributed by atoms with Crippen LogP contribution >= 0.6 is 0 Å². The Labute approximate surface area is 391 Å². The molecule has 0 spiro atoms. The molecule has 13 rings (SSSR count). The molecular formula is C62H38N4O2. The Bertz CT molecular complexity index is 4010. The topological polar surface area (TPSA) is 77.8 Å². The number of hydrogen-bond donors (Lipinski definition) is 0. The second-order valence-electron chi connectivity index (χ2n) is 17.0. The van der Waals surface area contributed by atoms with E-state index >= 15 is 0 Å². The van der Waals surface area contributed by atoms with Crippen molar-refractivity contribution in [3.8, 4) is 89.8 Å². The van der Waals surface area contributed by atoms with Crippen LogP contribution in [0.1, 0.15) is 0 Å². The Morgan fingerprint density at radius 3 is 1.09 bits per heavy atom. The average molecular weight is 871 g/mol. The van der Waals surface area contributed by atoms with Gasteiger partial charge >= 0.3 is 0 Å². The van der Waals surface area contributed by atoms with Crippen molar-refractivity contribution >= 4 is 44.1 Å². The minimum atomic E-state index is 0.558. The van der Waals surface area contributed by atoms with Crippen LogP contribution in [0.2, 0.25) is 0 Å². The van der Waals surface area contributed by atoms with E-state index in [0.29, 0.717) is 23.1 Å². The summed E-state index contributed by atoms with van der Waals surface area (Å²) in [5.74, 6) is 1.20. The summed E-state index contributed by atoms with van der Waals surface area (Å²) in [7, 11) is 0. The zero-order valence-electron chi connectivity index (χ0n) is 36.5. The van der Waals surface area contributed by atoms with E-state index in [0.717, 1.165) is 105 Å². The lowest BCUT2D eigenvalue weighted by molar-refractivity contribution is 0.653. The molecule has 9 aromatic carbocycles. The fraction of sp³-hybridized carbons (Fsp3) is 0. The molecule has 0 N–H and O–H groups in total. The Morgan fingerprint density at radius 2 is 0.574 bits per heavy atom. The van der Waals surface area contributed by atoms with Gasteiger partial charge in [0.15, 0.2) is 11.6 Å². The van der Waals surface area contributed by atoms with Crippen LogP contribution in [0.3, 0.4) is 0 Å². The van der Waals surface area contributed by atoms with Gasteiger partial charge in [0, 0.05) is 33.0 Å². The van der Waals surface area contributed by atoms with E-state index in [4.69, 9.17) is 28.8 Å². The molecule has 0 aliphatic carbocycles. The molecule has 0 amide bonds. The molecule has 6 nitrogen and oxygen atoms in total. The van der Waals surface area contributed by atoms with Crippen molar-refractivity contribution in [1.82, 2.24) is 19.9 Å². The highest BCUT2D eigenvalue weighted by Gasteiger charge is 2.21. The summed E-state index contributed by atoms with van der Waals surface area (Å²) >= 11 is 0. The zero-order valence-corrected chi connectivity index (χ0v) is 36.5. The largest absolute Gasteiger partial charge is 0.438 e. The van der Waals surface area contributed by atoms with Gasteiger partial charge in [-0.25, -0.2) is 9.97 Å². The van der Waals surface area contributed by atoms with Crippen molar-refractivity contribution in [2.75, 3.05) is 0 Å². The molecule has 0 saturated heterocycles. The number of nitrogens with zero attached hydrogens (tertiary/aromatic N) is 4. The predicted octanol–water partition coefficient (Wildman–Crippen LogP) is 16.4. The van der Waals surface area contributed by atoms with Crippen LogP contribution in [-0.2, 0) is 0 Å². The standard InChI is InChI=1S/C62H38N4O2/c1-3-14-39(15-4-1)41-28-32-43(33-29-41)57-55-51-24-7-9-26-53(51)67-61(55)66-60(63-57)50-23-13-21-48(38-50)46-19-11-18-45(36-46)47-20-12-22-49(37-47)58-56-52-25-8-10-27-54(52)68-62(56)65-59(64-58)44-34-30-42(31-35-44)40-16-5-2-6-17-40/h1-38H. The van der Waals surface area contributed by atoms with Gasteiger partial charge in [-0.2, -0.15) is 9.97 Å². The number of benzene rings is 9. The minimum absolute atomic E-state index is 0.558. The molecule has 6 heteroatoms.